The van der Waals surface area contributed by atoms with Crippen LogP contribution in [-0.4, -0.2) is 37.2 Å². The minimum absolute atomic E-state index is 0.328. The molecule has 0 saturated heterocycles. The molecule has 2 amide bonds. The lowest BCUT2D eigenvalue weighted by Crippen LogP contribution is -2.45. The molecule has 0 N–H and O–H groups in total. The molecule has 1 aliphatic heterocycles. The number of aromatic nitrogens is 1. The van der Waals surface area contributed by atoms with E-state index in [4.69, 9.17) is 9.47 Å². The van der Waals surface area contributed by atoms with Crippen molar-refractivity contribution >= 4 is 23.7 Å². The maximum absolute atomic E-state index is 13.5. The molecule has 2 heterocycles. The molecule has 0 aliphatic carbocycles. The standard InChI is InChI=1S/C24H21N3O4/c1-30-17-10-11-22(31-2)21(13-17)27-23(28)19-9-4-3-8-18(19)20(24(27)29)15-25-14-16-7-5-6-12-26-16/h3-13,15,20H,14H2,1-2H3/t20-/m1/s1. The first-order valence-electron chi connectivity index (χ1n) is 9.73. The van der Waals surface area contributed by atoms with Gasteiger partial charge in [0.25, 0.3) is 5.91 Å². The summed E-state index contributed by atoms with van der Waals surface area (Å²) in [7, 11) is 3.01. The topological polar surface area (TPSA) is 81.1 Å². The minimum Gasteiger partial charge on any atom is -0.497 e. The summed E-state index contributed by atoms with van der Waals surface area (Å²) in [6, 6.07) is 17.6. The molecule has 3 aromatic rings. The summed E-state index contributed by atoms with van der Waals surface area (Å²) in [6.07, 6.45) is 3.28. The number of benzene rings is 2. The number of rotatable bonds is 6. The molecule has 7 heteroatoms. The zero-order valence-corrected chi connectivity index (χ0v) is 17.2. The minimum atomic E-state index is -0.714. The predicted molar refractivity (Wildman–Crippen MR) is 117 cm³/mol. The molecule has 4 rings (SSSR count). The van der Waals surface area contributed by atoms with Crippen LogP contribution in [0.5, 0.6) is 11.5 Å². The summed E-state index contributed by atoms with van der Waals surface area (Å²) in [6.45, 7) is 0.337. The van der Waals surface area contributed by atoms with Crippen LogP contribution < -0.4 is 14.4 Å². The number of methoxy groups -OCH3 is 2. The first kappa shape index (κ1) is 20.3. The van der Waals surface area contributed by atoms with Crippen LogP contribution in [0.2, 0.25) is 0 Å². The molecule has 0 radical (unpaired) electrons. The monoisotopic (exact) mass is 415 g/mol. The fraction of sp³-hybridized carbons (Fsp3) is 0.167. The van der Waals surface area contributed by atoms with E-state index in [9.17, 15) is 9.59 Å². The zero-order chi connectivity index (χ0) is 21.8. The number of pyridine rings is 1. The summed E-state index contributed by atoms with van der Waals surface area (Å²) in [5.74, 6) is -0.628. The van der Waals surface area contributed by atoms with Crippen molar-refractivity contribution in [1.29, 1.82) is 0 Å². The lowest BCUT2D eigenvalue weighted by atomic mass is 9.88. The summed E-state index contributed by atoms with van der Waals surface area (Å²) in [5, 5.41) is 0. The molecule has 31 heavy (non-hydrogen) atoms. The Labute approximate surface area is 180 Å². The number of hydrogen-bond acceptors (Lipinski definition) is 6. The van der Waals surface area contributed by atoms with E-state index < -0.39 is 17.7 Å². The third kappa shape index (κ3) is 3.90. The second kappa shape index (κ2) is 8.79. The van der Waals surface area contributed by atoms with Gasteiger partial charge in [0.2, 0.25) is 5.91 Å². The molecule has 0 spiro atoms. The van der Waals surface area contributed by atoms with Crippen LogP contribution in [0.3, 0.4) is 0 Å². The van der Waals surface area contributed by atoms with Crippen molar-refractivity contribution in [3.8, 4) is 11.5 Å². The van der Waals surface area contributed by atoms with E-state index in [1.54, 1.807) is 54.9 Å². The van der Waals surface area contributed by atoms with E-state index in [-0.39, 0.29) is 0 Å². The van der Waals surface area contributed by atoms with Crippen LogP contribution in [-0.2, 0) is 11.3 Å². The van der Waals surface area contributed by atoms with Crippen LogP contribution in [0, 0.1) is 0 Å². The Kier molecular flexibility index (Phi) is 5.75. The van der Waals surface area contributed by atoms with E-state index in [1.165, 1.54) is 14.2 Å². The van der Waals surface area contributed by atoms with Gasteiger partial charge in [0, 0.05) is 24.0 Å². The largest absolute Gasteiger partial charge is 0.497 e. The van der Waals surface area contributed by atoms with Crippen molar-refractivity contribution < 1.29 is 19.1 Å². The van der Waals surface area contributed by atoms with Crippen molar-refractivity contribution in [2.24, 2.45) is 4.99 Å². The van der Waals surface area contributed by atoms with E-state index in [0.717, 1.165) is 10.6 Å². The second-order valence-corrected chi connectivity index (χ2v) is 6.89. The molecular weight excluding hydrogens is 394 g/mol. The number of carbonyl (C=O) groups excluding carboxylic acids is 2. The molecule has 2 aromatic carbocycles. The first-order chi connectivity index (χ1) is 15.1. The van der Waals surface area contributed by atoms with Gasteiger partial charge in [-0.1, -0.05) is 24.3 Å². The van der Waals surface area contributed by atoms with Crippen molar-refractivity contribution in [3.05, 3.63) is 83.7 Å². The molecular formula is C24H21N3O4. The number of nitrogens with zero attached hydrogens (tertiary/aromatic N) is 3. The van der Waals surface area contributed by atoms with Gasteiger partial charge < -0.3 is 9.47 Å². The molecule has 7 nitrogen and oxygen atoms in total. The van der Waals surface area contributed by atoms with Crippen LogP contribution >= 0.6 is 0 Å². The van der Waals surface area contributed by atoms with Crippen LogP contribution in [0.25, 0.3) is 0 Å². The van der Waals surface area contributed by atoms with Crippen LogP contribution in [0.4, 0.5) is 5.69 Å². The van der Waals surface area contributed by atoms with Crippen molar-refractivity contribution in [1.82, 2.24) is 4.98 Å². The van der Waals surface area contributed by atoms with Gasteiger partial charge in [-0.3, -0.25) is 19.6 Å². The summed E-state index contributed by atoms with van der Waals surface area (Å²) < 4.78 is 10.7. The molecule has 0 bridgehead atoms. The highest BCUT2D eigenvalue weighted by Crippen LogP contribution is 2.38. The van der Waals surface area contributed by atoms with Gasteiger partial charge in [0.1, 0.15) is 11.5 Å². The highest BCUT2D eigenvalue weighted by atomic mass is 16.5. The van der Waals surface area contributed by atoms with Gasteiger partial charge in [0.15, 0.2) is 0 Å². The fourth-order valence-electron chi connectivity index (χ4n) is 3.54. The number of ether oxygens (including phenoxy) is 2. The van der Waals surface area contributed by atoms with Gasteiger partial charge in [0.05, 0.1) is 38.1 Å². The summed E-state index contributed by atoms with van der Waals surface area (Å²) in [5.41, 5.74) is 2.19. The first-order valence-corrected chi connectivity index (χ1v) is 9.73. The van der Waals surface area contributed by atoms with Crippen LogP contribution in [0.1, 0.15) is 27.5 Å². The Balaban J connectivity index is 1.76. The Bertz CT molecular complexity index is 1140. The molecule has 0 fully saturated rings. The number of aliphatic imine (C=N–C) groups is 1. The van der Waals surface area contributed by atoms with Crippen molar-refractivity contribution in [2.45, 2.75) is 12.5 Å². The summed E-state index contributed by atoms with van der Waals surface area (Å²) in [4.78, 5) is 36.6. The summed E-state index contributed by atoms with van der Waals surface area (Å²) >= 11 is 0. The van der Waals surface area contributed by atoms with E-state index in [2.05, 4.69) is 9.98 Å². The fourth-order valence-corrected chi connectivity index (χ4v) is 3.54. The average Bonchev–Trinajstić information content (AvgIpc) is 2.82. The van der Waals surface area contributed by atoms with Gasteiger partial charge in [-0.05, 0) is 35.9 Å². The van der Waals surface area contributed by atoms with E-state index in [1.807, 2.05) is 18.2 Å². The van der Waals surface area contributed by atoms with Crippen molar-refractivity contribution in [2.75, 3.05) is 19.1 Å². The number of anilines is 1. The van der Waals surface area contributed by atoms with Crippen LogP contribution in [0.15, 0.2) is 71.9 Å². The molecule has 0 saturated carbocycles. The number of hydrogen-bond donors (Lipinski definition) is 0. The molecule has 1 aromatic heterocycles. The number of carbonyl (C=O) groups is 2. The average molecular weight is 415 g/mol. The van der Waals surface area contributed by atoms with E-state index >= 15 is 0 Å². The van der Waals surface area contributed by atoms with Gasteiger partial charge in [-0.25, -0.2) is 4.90 Å². The normalized spacial score (nSPS) is 15.8. The molecule has 1 atom stereocenters. The number of fused-ring (bicyclic) bond motifs is 1. The highest BCUT2D eigenvalue weighted by molar-refractivity contribution is 6.29. The zero-order valence-electron chi connectivity index (χ0n) is 17.2. The third-order valence-corrected chi connectivity index (χ3v) is 5.08. The quantitative estimate of drug-likeness (QED) is 0.454. The van der Waals surface area contributed by atoms with Gasteiger partial charge >= 0.3 is 0 Å². The van der Waals surface area contributed by atoms with E-state index in [0.29, 0.717) is 34.9 Å². The lowest BCUT2D eigenvalue weighted by molar-refractivity contribution is -0.118. The Morgan fingerprint density at radius 3 is 2.58 bits per heavy atom. The van der Waals surface area contributed by atoms with Gasteiger partial charge in [-0.2, -0.15) is 0 Å². The smallest absolute Gasteiger partial charge is 0.265 e. The molecule has 1 aliphatic rings. The maximum Gasteiger partial charge on any atom is 0.265 e. The Hall–Kier alpha value is -4.00. The maximum atomic E-state index is 13.5. The third-order valence-electron chi connectivity index (χ3n) is 5.08. The Morgan fingerprint density at radius 2 is 1.84 bits per heavy atom. The number of amides is 2. The predicted octanol–water partition coefficient (Wildman–Crippen LogP) is 3.64. The molecule has 0 unspecified atom stereocenters. The van der Waals surface area contributed by atoms with Crippen molar-refractivity contribution in [3.63, 3.8) is 0 Å². The van der Waals surface area contributed by atoms with Gasteiger partial charge in [-0.15, -0.1) is 0 Å². The molecule has 156 valence electrons. The highest BCUT2D eigenvalue weighted by Gasteiger charge is 2.40. The lowest BCUT2D eigenvalue weighted by Gasteiger charge is -2.31. The second-order valence-electron chi connectivity index (χ2n) is 6.89. The SMILES string of the molecule is COc1ccc(OC)c(N2C(=O)c3ccccc3[C@@H](C=NCc3ccccn3)C2=O)c1. The Morgan fingerprint density at radius 1 is 1.03 bits per heavy atom. The number of imide groups is 1.